The minimum Gasteiger partial charge on any atom is -0.711 e. The summed E-state index contributed by atoms with van der Waals surface area (Å²) in [5.74, 6) is 0. The molecular formula is C22H25N3O. The maximum atomic E-state index is 12.3. The van der Waals surface area contributed by atoms with Crippen molar-refractivity contribution in [1.29, 1.82) is 0 Å². The highest BCUT2D eigenvalue weighted by molar-refractivity contribution is 5.61. The largest absolute Gasteiger partial charge is 0.711 e. The third-order valence-corrected chi connectivity index (χ3v) is 5.39. The molecule has 134 valence electrons. The molecule has 0 bridgehead atoms. The second-order valence-corrected chi connectivity index (χ2v) is 7.15. The molecule has 3 aromatic rings. The van der Waals surface area contributed by atoms with Gasteiger partial charge in [0.15, 0.2) is 11.4 Å². The predicted octanol–water partition coefficient (Wildman–Crippen LogP) is 3.76. The fourth-order valence-corrected chi connectivity index (χ4v) is 4.05. The Morgan fingerprint density at radius 3 is 2.46 bits per heavy atom. The minimum absolute atomic E-state index is 0.462. The fourth-order valence-electron chi connectivity index (χ4n) is 4.05. The first-order valence-corrected chi connectivity index (χ1v) is 9.34. The van der Waals surface area contributed by atoms with E-state index >= 15 is 0 Å². The van der Waals surface area contributed by atoms with E-state index in [1.165, 1.54) is 18.4 Å². The Labute approximate surface area is 154 Å². The summed E-state index contributed by atoms with van der Waals surface area (Å²) in [6.45, 7) is 4.86. The normalized spacial score (nSPS) is 17.7. The van der Waals surface area contributed by atoms with Crippen LogP contribution in [0.1, 0.15) is 24.1 Å². The average molecular weight is 347 g/mol. The Bertz CT molecular complexity index is 858. The molecule has 0 radical (unpaired) electrons. The molecule has 1 fully saturated rings. The van der Waals surface area contributed by atoms with Crippen molar-refractivity contribution >= 4 is 0 Å². The van der Waals surface area contributed by atoms with Crippen LogP contribution >= 0.6 is 0 Å². The smallest absolute Gasteiger partial charge is 0.247 e. The van der Waals surface area contributed by atoms with Crippen molar-refractivity contribution in [1.82, 2.24) is 9.47 Å². The topological polar surface area (TPSA) is 35.1 Å². The zero-order chi connectivity index (χ0) is 17.9. The molecular weight excluding hydrogens is 322 g/mol. The van der Waals surface area contributed by atoms with Crippen LogP contribution in [0.25, 0.3) is 11.3 Å². The number of likely N-dealkylation sites (tertiary alicyclic amines) is 1. The van der Waals surface area contributed by atoms with Gasteiger partial charge in [0.2, 0.25) is 6.33 Å². The van der Waals surface area contributed by atoms with Gasteiger partial charge in [-0.05, 0) is 24.9 Å². The fraction of sp³-hybridized carbons (Fsp3) is 0.318. The van der Waals surface area contributed by atoms with Gasteiger partial charge in [-0.1, -0.05) is 60.7 Å². The SMILES string of the molecule is Cc1c(-c2ccccc2)n(C[C@@H]2CCCN2Cc2ccccc2)c[n+]1[O-]. The lowest BCUT2D eigenvalue weighted by atomic mass is 10.1. The minimum atomic E-state index is 0.462. The second kappa shape index (κ2) is 7.34. The Balaban J connectivity index is 1.58. The molecule has 1 aromatic heterocycles. The van der Waals surface area contributed by atoms with E-state index in [0.29, 0.717) is 6.04 Å². The number of benzene rings is 2. The van der Waals surface area contributed by atoms with Crippen molar-refractivity contribution in [3.05, 3.63) is 83.5 Å². The molecule has 0 amide bonds. The van der Waals surface area contributed by atoms with Crippen molar-refractivity contribution in [3.8, 4) is 11.3 Å². The monoisotopic (exact) mass is 347 g/mol. The first-order valence-electron chi connectivity index (χ1n) is 9.34. The van der Waals surface area contributed by atoms with Crippen molar-refractivity contribution in [2.75, 3.05) is 6.54 Å². The summed E-state index contributed by atoms with van der Waals surface area (Å²) in [6, 6.07) is 21.3. The molecule has 0 spiro atoms. The van der Waals surface area contributed by atoms with Gasteiger partial charge in [-0.15, -0.1) is 0 Å². The molecule has 1 saturated heterocycles. The van der Waals surface area contributed by atoms with Crippen LogP contribution < -0.4 is 4.73 Å². The molecule has 1 aliphatic rings. The maximum Gasteiger partial charge on any atom is 0.247 e. The molecule has 0 saturated carbocycles. The van der Waals surface area contributed by atoms with Crippen LogP contribution in [-0.4, -0.2) is 22.1 Å². The van der Waals surface area contributed by atoms with E-state index in [1.54, 1.807) is 6.33 Å². The highest BCUT2D eigenvalue weighted by Gasteiger charge is 2.29. The summed E-state index contributed by atoms with van der Waals surface area (Å²) in [6.07, 6.45) is 4.10. The van der Waals surface area contributed by atoms with Crippen molar-refractivity contribution in [3.63, 3.8) is 0 Å². The molecule has 0 unspecified atom stereocenters. The molecule has 2 aromatic carbocycles. The Morgan fingerprint density at radius 1 is 1.04 bits per heavy atom. The van der Waals surface area contributed by atoms with Crippen LogP contribution in [0.2, 0.25) is 0 Å². The summed E-state index contributed by atoms with van der Waals surface area (Å²) < 4.78 is 3.14. The molecule has 26 heavy (non-hydrogen) atoms. The quantitative estimate of drug-likeness (QED) is 0.520. The first kappa shape index (κ1) is 16.9. The van der Waals surface area contributed by atoms with Crippen LogP contribution in [-0.2, 0) is 13.1 Å². The molecule has 1 atom stereocenters. The van der Waals surface area contributed by atoms with Gasteiger partial charge < -0.3 is 5.21 Å². The van der Waals surface area contributed by atoms with Crippen LogP contribution in [0.4, 0.5) is 0 Å². The zero-order valence-electron chi connectivity index (χ0n) is 15.2. The predicted molar refractivity (Wildman–Crippen MR) is 103 cm³/mol. The Morgan fingerprint density at radius 2 is 1.73 bits per heavy atom. The van der Waals surface area contributed by atoms with Crippen molar-refractivity contribution in [2.24, 2.45) is 0 Å². The lowest BCUT2D eigenvalue weighted by Crippen LogP contribution is -2.33. The number of rotatable bonds is 5. The summed E-state index contributed by atoms with van der Waals surface area (Å²) in [4.78, 5) is 2.55. The van der Waals surface area contributed by atoms with Gasteiger partial charge in [-0.3, -0.25) is 4.90 Å². The molecule has 4 heteroatoms. The highest BCUT2D eigenvalue weighted by atomic mass is 16.5. The van der Waals surface area contributed by atoms with E-state index in [9.17, 15) is 5.21 Å². The van der Waals surface area contributed by atoms with E-state index in [0.717, 1.165) is 41.3 Å². The second-order valence-electron chi connectivity index (χ2n) is 7.15. The van der Waals surface area contributed by atoms with Crippen molar-refractivity contribution < 1.29 is 4.73 Å². The van der Waals surface area contributed by atoms with Gasteiger partial charge in [0, 0.05) is 25.1 Å². The van der Waals surface area contributed by atoms with Gasteiger partial charge in [0.1, 0.15) is 6.54 Å². The van der Waals surface area contributed by atoms with E-state index in [1.807, 2.05) is 25.1 Å². The number of aromatic nitrogens is 2. The summed E-state index contributed by atoms with van der Waals surface area (Å²) in [5, 5.41) is 12.3. The number of imidazole rings is 1. The molecule has 2 heterocycles. The van der Waals surface area contributed by atoms with Crippen LogP contribution in [0, 0.1) is 12.1 Å². The molecule has 4 nitrogen and oxygen atoms in total. The van der Waals surface area contributed by atoms with Crippen LogP contribution in [0.15, 0.2) is 67.0 Å². The molecule has 1 aliphatic heterocycles. The summed E-state index contributed by atoms with van der Waals surface area (Å²) >= 11 is 0. The van der Waals surface area contributed by atoms with Crippen molar-refractivity contribution in [2.45, 2.75) is 38.9 Å². The first-order chi connectivity index (χ1) is 12.7. The Hall–Kier alpha value is -2.59. The Kier molecular flexibility index (Phi) is 4.76. The third kappa shape index (κ3) is 3.37. The van der Waals surface area contributed by atoms with Gasteiger partial charge in [-0.25, -0.2) is 9.30 Å². The summed E-state index contributed by atoms with van der Waals surface area (Å²) in [7, 11) is 0. The van der Waals surface area contributed by atoms with Gasteiger partial charge in [-0.2, -0.15) is 0 Å². The number of nitrogens with zero attached hydrogens (tertiary/aromatic N) is 3. The van der Waals surface area contributed by atoms with E-state index in [2.05, 4.69) is 51.9 Å². The van der Waals surface area contributed by atoms with E-state index in [4.69, 9.17) is 0 Å². The summed E-state index contributed by atoms with van der Waals surface area (Å²) in [5.41, 5.74) is 4.26. The van der Waals surface area contributed by atoms with Gasteiger partial charge >= 0.3 is 0 Å². The average Bonchev–Trinajstić information content (AvgIpc) is 3.21. The van der Waals surface area contributed by atoms with Gasteiger partial charge in [0.05, 0.1) is 0 Å². The standard InChI is InChI=1S/C22H25N3O/c1-18-22(20-11-6-3-7-12-20)24(17-25(18)26)16-21-13-8-14-23(21)15-19-9-4-2-5-10-19/h2-7,9-12,17,21H,8,13-16H2,1H3/t21-/m0/s1. The molecule has 4 rings (SSSR count). The number of hydrogen-bond donors (Lipinski definition) is 0. The van der Waals surface area contributed by atoms with Gasteiger partial charge in [0.25, 0.3) is 0 Å². The zero-order valence-corrected chi connectivity index (χ0v) is 15.2. The van der Waals surface area contributed by atoms with E-state index in [-0.39, 0.29) is 0 Å². The highest BCUT2D eigenvalue weighted by Crippen LogP contribution is 2.26. The lowest BCUT2D eigenvalue weighted by molar-refractivity contribution is -0.611. The van der Waals surface area contributed by atoms with Crippen LogP contribution in [0.3, 0.4) is 0 Å². The third-order valence-electron chi connectivity index (χ3n) is 5.39. The molecule has 0 N–H and O–H groups in total. The molecule has 0 aliphatic carbocycles. The number of hydrogen-bond acceptors (Lipinski definition) is 2. The van der Waals surface area contributed by atoms with Crippen LogP contribution in [0.5, 0.6) is 0 Å². The lowest BCUT2D eigenvalue weighted by Gasteiger charge is -2.23. The maximum absolute atomic E-state index is 12.3. The van der Waals surface area contributed by atoms with E-state index < -0.39 is 0 Å².